The number of aromatic amines is 1. The Hall–Kier alpha value is -2.96. The summed E-state index contributed by atoms with van der Waals surface area (Å²) in [6.45, 7) is 5.33. The van der Waals surface area contributed by atoms with Crippen molar-refractivity contribution < 1.29 is 19.1 Å². The molecule has 1 aliphatic rings. The zero-order valence-corrected chi connectivity index (χ0v) is 17.5. The number of amides is 2. The zero-order chi connectivity index (χ0) is 21.0. The molecule has 1 saturated heterocycles. The summed E-state index contributed by atoms with van der Waals surface area (Å²) in [6.07, 6.45) is 1.59. The number of piperidine rings is 1. The molecule has 1 atom stereocenters. The Morgan fingerprint density at radius 2 is 2.00 bits per heavy atom. The van der Waals surface area contributed by atoms with E-state index >= 15 is 0 Å². The maximum atomic E-state index is 12.9. The number of nitrogens with zero attached hydrogens (tertiary/aromatic N) is 1. The van der Waals surface area contributed by atoms with Crippen molar-refractivity contribution in [3.05, 3.63) is 46.8 Å². The van der Waals surface area contributed by atoms with E-state index in [9.17, 15) is 9.59 Å². The van der Waals surface area contributed by atoms with Gasteiger partial charge in [0, 0.05) is 37.0 Å². The first-order valence-corrected chi connectivity index (χ1v) is 9.87. The minimum atomic E-state index is -0.215. The first-order valence-electron chi connectivity index (χ1n) is 9.87. The van der Waals surface area contributed by atoms with Gasteiger partial charge in [0.25, 0.3) is 5.91 Å². The highest BCUT2D eigenvalue weighted by Gasteiger charge is 2.30. The van der Waals surface area contributed by atoms with Crippen LogP contribution in [-0.2, 0) is 11.3 Å². The topological polar surface area (TPSA) is 83.7 Å². The molecule has 2 N–H and O–H groups in total. The molecule has 2 aromatic rings. The third-order valence-electron chi connectivity index (χ3n) is 5.39. The Balaban J connectivity index is 1.61. The van der Waals surface area contributed by atoms with Gasteiger partial charge in [0.1, 0.15) is 17.2 Å². The van der Waals surface area contributed by atoms with Gasteiger partial charge in [-0.05, 0) is 50.5 Å². The molecule has 0 spiro atoms. The van der Waals surface area contributed by atoms with Crippen LogP contribution in [0.25, 0.3) is 0 Å². The molecule has 0 aliphatic carbocycles. The average Bonchev–Trinajstić information content (AvgIpc) is 3.09. The van der Waals surface area contributed by atoms with E-state index in [0.29, 0.717) is 36.8 Å². The summed E-state index contributed by atoms with van der Waals surface area (Å²) in [5, 5.41) is 2.99. The molecule has 1 unspecified atom stereocenters. The van der Waals surface area contributed by atoms with Crippen LogP contribution in [0.3, 0.4) is 0 Å². The standard InChI is InChI=1S/C22H29N3O4/c1-14-10-15(2)24-20(14)22(27)25-9-5-6-17(13-25)21(26)23-12-16-7-8-18(28-3)11-19(16)29-4/h7-8,10-11,17,24H,5-6,9,12-13H2,1-4H3,(H,23,26). The molecule has 1 aliphatic heterocycles. The fraction of sp³-hybridized carbons (Fsp3) is 0.455. The first kappa shape index (κ1) is 20.8. The second-order valence-corrected chi connectivity index (χ2v) is 7.50. The van der Waals surface area contributed by atoms with Crippen LogP contribution in [-0.4, -0.2) is 49.0 Å². The van der Waals surface area contributed by atoms with Crippen molar-refractivity contribution >= 4 is 11.8 Å². The summed E-state index contributed by atoms with van der Waals surface area (Å²) in [7, 11) is 3.19. The van der Waals surface area contributed by atoms with Crippen LogP contribution in [0.1, 0.15) is 40.2 Å². The Kier molecular flexibility index (Phi) is 6.46. The van der Waals surface area contributed by atoms with E-state index in [1.54, 1.807) is 25.2 Å². The number of rotatable bonds is 6. The maximum Gasteiger partial charge on any atom is 0.270 e. The summed E-state index contributed by atoms with van der Waals surface area (Å²) in [5.41, 5.74) is 3.39. The van der Waals surface area contributed by atoms with E-state index in [1.807, 2.05) is 32.0 Å². The number of hydrogen-bond acceptors (Lipinski definition) is 4. The van der Waals surface area contributed by atoms with Gasteiger partial charge >= 0.3 is 0 Å². The molecule has 0 bridgehead atoms. The number of carbonyl (C=O) groups is 2. The van der Waals surface area contributed by atoms with Crippen LogP contribution in [0.4, 0.5) is 0 Å². The van der Waals surface area contributed by atoms with Gasteiger partial charge in [-0.15, -0.1) is 0 Å². The van der Waals surface area contributed by atoms with E-state index < -0.39 is 0 Å². The molecule has 29 heavy (non-hydrogen) atoms. The van der Waals surface area contributed by atoms with E-state index in [0.717, 1.165) is 29.7 Å². The minimum Gasteiger partial charge on any atom is -0.497 e. The van der Waals surface area contributed by atoms with E-state index in [2.05, 4.69) is 10.3 Å². The van der Waals surface area contributed by atoms with Gasteiger partial charge in [-0.3, -0.25) is 9.59 Å². The lowest BCUT2D eigenvalue weighted by Crippen LogP contribution is -2.45. The van der Waals surface area contributed by atoms with Crippen LogP contribution >= 0.6 is 0 Å². The first-order chi connectivity index (χ1) is 13.9. The molecule has 7 heteroatoms. The number of aromatic nitrogens is 1. The molecule has 156 valence electrons. The molecule has 7 nitrogen and oxygen atoms in total. The maximum absolute atomic E-state index is 12.9. The van der Waals surface area contributed by atoms with E-state index in [1.165, 1.54) is 0 Å². The summed E-state index contributed by atoms with van der Waals surface area (Å²) in [4.78, 5) is 30.5. The van der Waals surface area contributed by atoms with Gasteiger partial charge in [-0.25, -0.2) is 0 Å². The summed E-state index contributed by atoms with van der Waals surface area (Å²) >= 11 is 0. The van der Waals surface area contributed by atoms with Crippen molar-refractivity contribution in [3.63, 3.8) is 0 Å². The average molecular weight is 399 g/mol. The van der Waals surface area contributed by atoms with Gasteiger partial charge in [-0.1, -0.05) is 0 Å². The van der Waals surface area contributed by atoms with Crippen molar-refractivity contribution in [2.24, 2.45) is 5.92 Å². The van der Waals surface area contributed by atoms with Gasteiger partial charge in [0.15, 0.2) is 0 Å². The largest absolute Gasteiger partial charge is 0.497 e. The van der Waals surface area contributed by atoms with Crippen molar-refractivity contribution in [3.8, 4) is 11.5 Å². The number of carbonyl (C=O) groups excluding carboxylic acids is 2. The molecule has 0 radical (unpaired) electrons. The van der Waals surface area contributed by atoms with Crippen LogP contribution < -0.4 is 14.8 Å². The number of benzene rings is 1. The summed E-state index contributed by atoms with van der Waals surface area (Å²) < 4.78 is 10.6. The predicted octanol–water partition coefficient (Wildman–Crippen LogP) is 2.82. The lowest BCUT2D eigenvalue weighted by Gasteiger charge is -2.32. The van der Waals surface area contributed by atoms with E-state index in [-0.39, 0.29) is 17.7 Å². The highest BCUT2D eigenvalue weighted by molar-refractivity contribution is 5.94. The second kappa shape index (κ2) is 9.03. The summed E-state index contributed by atoms with van der Waals surface area (Å²) in [6, 6.07) is 7.48. The summed E-state index contributed by atoms with van der Waals surface area (Å²) in [5.74, 6) is 1.08. The number of likely N-dealkylation sites (tertiary alicyclic amines) is 1. The lowest BCUT2D eigenvalue weighted by atomic mass is 9.96. The molecular weight excluding hydrogens is 370 g/mol. The third-order valence-corrected chi connectivity index (χ3v) is 5.39. The van der Waals surface area contributed by atoms with Crippen molar-refractivity contribution in [1.82, 2.24) is 15.2 Å². The molecule has 1 fully saturated rings. The number of hydrogen-bond donors (Lipinski definition) is 2. The molecular formula is C22H29N3O4. The van der Waals surface area contributed by atoms with Gasteiger partial charge in [0.2, 0.25) is 5.91 Å². The Morgan fingerprint density at radius 1 is 1.21 bits per heavy atom. The molecule has 1 aromatic carbocycles. The molecule has 1 aromatic heterocycles. The number of ether oxygens (including phenoxy) is 2. The van der Waals surface area contributed by atoms with Crippen LogP contribution in [0.15, 0.2) is 24.3 Å². The number of methoxy groups -OCH3 is 2. The SMILES string of the molecule is COc1ccc(CNC(=O)C2CCCN(C(=O)c3[nH]c(C)cc3C)C2)c(OC)c1. The van der Waals surface area contributed by atoms with Crippen molar-refractivity contribution in [2.45, 2.75) is 33.2 Å². The van der Waals surface area contributed by atoms with Gasteiger partial charge < -0.3 is 24.7 Å². The minimum absolute atomic E-state index is 0.0371. The molecule has 2 amide bonds. The number of H-pyrrole nitrogens is 1. The monoisotopic (exact) mass is 399 g/mol. The van der Waals surface area contributed by atoms with E-state index in [4.69, 9.17) is 9.47 Å². The Bertz CT molecular complexity index is 890. The molecule has 2 heterocycles. The molecule has 3 rings (SSSR count). The Morgan fingerprint density at radius 3 is 2.66 bits per heavy atom. The highest BCUT2D eigenvalue weighted by Crippen LogP contribution is 2.25. The lowest BCUT2D eigenvalue weighted by molar-refractivity contribution is -0.126. The Labute approximate surface area is 171 Å². The quantitative estimate of drug-likeness (QED) is 0.782. The van der Waals surface area contributed by atoms with Crippen LogP contribution in [0, 0.1) is 19.8 Å². The van der Waals surface area contributed by atoms with Gasteiger partial charge in [-0.2, -0.15) is 0 Å². The third kappa shape index (κ3) is 4.72. The van der Waals surface area contributed by atoms with Crippen LogP contribution in [0.2, 0.25) is 0 Å². The van der Waals surface area contributed by atoms with Gasteiger partial charge in [0.05, 0.1) is 20.1 Å². The normalized spacial score (nSPS) is 16.4. The fourth-order valence-corrected chi connectivity index (χ4v) is 3.81. The van der Waals surface area contributed by atoms with Crippen molar-refractivity contribution in [1.29, 1.82) is 0 Å². The number of aryl methyl sites for hydroxylation is 2. The molecule has 0 saturated carbocycles. The zero-order valence-electron chi connectivity index (χ0n) is 17.5. The smallest absolute Gasteiger partial charge is 0.270 e. The number of nitrogens with one attached hydrogen (secondary N) is 2. The second-order valence-electron chi connectivity index (χ2n) is 7.50. The predicted molar refractivity (Wildman–Crippen MR) is 110 cm³/mol. The highest BCUT2D eigenvalue weighted by atomic mass is 16.5. The van der Waals surface area contributed by atoms with Crippen LogP contribution in [0.5, 0.6) is 11.5 Å². The van der Waals surface area contributed by atoms with Crippen molar-refractivity contribution in [2.75, 3.05) is 27.3 Å². The fourth-order valence-electron chi connectivity index (χ4n) is 3.81.